The highest BCUT2D eigenvalue weighted by Gasteiger charge is 2.31. The van der Waals surface area contributed by atoms with Gasteiger partial charge in [-0.1, -0.05) is 18.2 Å². The van der Waals surface area contributed by atoms with Crippen LogP contribution in [0.15, 0.2) is 52.7 Å². The Labute approximate surface area is 161 Å². The number of thioether (sulfide) groups is 1. The predicted molar refractivity (Wildman–Crippen MR) is 107 cm³/mol. The maximum atomic E-state index is 13.1. The zero-order valence-corrected chi connectivity index (χ0v) is 15.8. The molecule has 3 rings (SSSR count). The number of rotatable bonds is 4. The summed E-state index contributed by atoms with van der Waals surface area (Å²) in [6, 6.07) is 11.7. The van der Waals surface area contributed by atoms with Gasteiger partial charge in [-0.25, -0.2) is 0 Å². The molecule has 2 aromatic carbocycles. The van der Waals surface area contributed by atoms with E-state index in [1.807, 2.05) is 11.8 Å². The van der Waals surface area contributed by atoms with E-state index in [1.54, 1.807) is 17.8 Å². The van der Waals surface area contributed by atoms with E-state index >= 15 is 0 Å². The Morgan fingerprint density at radius 3 is 2.78 bits per heavy atom. The van der Waals surface area contributed by atoms with Crippen LogP contribution in [-0.2, 0) is 18.3 Å². The third kappa shape index (κ3) is 4.71. The summed E-state index contributed by atoms with van der Waals surface area (Å²) >= 11 is 1.56. The monoisotopic (exact) mass is 391 g/mol. The SMILES string of the molecule is C=N/N=C(/C)SCc1ccc2c(c1)N(c1cccc(C(F)(F)F)c1)CCC2. The molecule has 0 radical (unpaired) electrons. The molecule has 27 heavy (non-hydrogen) atoms. The number of hydrogen-bond donors (Lipinski definition) is 0. The minimum absolute atomic E-state index is 0.573. The van der Waals surface area contributed by atoms with E-state index in [1.165, 1.54) is 12.1 Å². The molecule has 7 heteroatoms. The van der Waals surface area contributed by atoms with Gasteiger partial charge in [-0.2, -0.15) is 18.3 Å². The number of fused-ring (bicyclic) bond motifs is 1. The van der Waals surface area contributed by atoms with Crippen LogP contribution in [0.3, 0.4) is 0 Å². The quantitative estimate of drug-likeness (QED) is 0.360. The van der Waals surface area contributed by atoms with Gasteiger partial charge < -0.3 is 4.90 Å². The average molecular weight is 391 g/mol. The fraction of sp³-hybridized carbons (Fsp3) is 0.300. The lowest BCUT2D eigenvalue weighted by Gasteiger charge is -2.32. The molecule has 0 saturated heterocycles. The standard InChI is InChI=1S/C20H20F3N3S/c1-14(25-24-2)27-13-15-8-9-16-5-4-10-26(19(16)11-15)18-7-3-6-17(12-18)20(21,22)23/h3,6-9,11-12H,2,4-5,10,13H2,1H3/b25-14-. The van der Waals surface area contributed by atoms with E-state index in [9.17, 15) is 13.2 Å². The summed E-state index contributed by atoms with van der Waals surface area (Å²) in [5.74, 6) is 0.717. The molecular weight excluding hydrogens is 371 g/mol. The van der Waals surface area contributed by atoms with Crippen molar-refractivity contribution in [2.24, 2.45) is 10.2 Å². The molecule has 2 aromatic rings. The third-order valence-electron chi connectivity index (χ3n) is 4.41. The van der Waals surface area contributed by atoms with Crippen molar-refractivity contribution in [1.82, 2.24) is 0 Å². The van der Waals surface area contributed by atoms with Crippen LogP contribution in [0.1, 0.15) is 30.0 Å². The lowest BCUT2D eigenvalue weighted by molar-refractivity contribution is -0.137. The lowest BCUT2D eigenvalue weighted by atomic mass is 9.99. The fourth-order valence-electron chi connectivity index (χ4n) is 3.14. The number of benzene rings is 2. The minimum atomic E-state index is -4.34. The zero-order valence-electron chi connectivity index (χ0n) is 15.0. The topological polar surface area (TPSA) is 28.0 Å². The van der Waals surface area contributed by atoms with Gasteiger partial charge in [0.2, 0.25) is 0 Å². The molecule has 0 bridgehead atoms. The first-order valence-corrected chi connectivity index (χ1v) is 9.57. The maximum Gasteiger partial charge on any atom is 0.416 e. The Bertz CT molecular complexity index is 862. The van der Waals surface area contributed by atoms with Crippen LogP contribution in [-0.4, -0.2) is 18.3 Å². The van der Waals surface area contributed by atoms with Gasteiger partial charge in [0.15, 0.2) is 0 Å². The molecule has 0 aliphatic carbocycles. The highest BCUT2D eigenvalue weighted by atomic mass is 32.2. The summed E-state index contributed by atoms with van der Waals surface area (Å²) in [7, 11) is 0. The summed E-state index contributed by atoms with van der Waals surface area (Å²) in [5.41, 5.74) is 3.18. The molecule has 0 atom stereocenters. The minimum Gasteiger partial charge on any atom is -0.341 e. The molecule has 3 nitrogen and oxygen atoms in total. The summed E-state index contributed by atoms with van der Waals surface area (Å²) < 4.78 is 39.3. The molecule has 0 fully saturated rings. The molecule has 0 saturated carbocycles. The van der Waals surface area contributed by atoms with Gasteiger partial charge in [0.1, 0.15) is 0 Å². The summed E-state index contributed by atoms with van der Waals surface area (Å²) in [6.07, 6.45) is -2.50. The Kier molecular flexibility index (Phi) is 5.89. The molecule has 142 valence electrons. The maximum absolute atomic E-state index is 13.1. The van der Waals surface area contributed by atoms with Crippen molar-refractivity contribution in [2.75, 3.05) is 11.4 Å². The average Bonchev–Trinajstić information content (AvgIpc) is 2.65. The van der Waals surface area contributed by atoms with Crippen LogP contribution >= 0.6 is 11.8 Å². The van der Waals surface area contributed by atoms with Crippen molar-refractivity contribution < 1.29 is 13.2 Å². The largest absolute Gasteiger partial charge is 0.416 e. The Balaban J connectivity index is 1.90. The van der Waals surface area contributed by atoms with Gasteiger partial charge in [-0.05, 0) is 55.2 Å². The molecule has 0 amide bonds. The highest BCUT2D eigenvalue weighted by molar-refractivity contribution is 8.13. The van der Waals surface area contributed by atoms with Gasteiger partial charge in [0.05, 0.1) is 10.6 Å². The first kappa shape index (κ1) is 19.5. The molecular formula is C20H20F3N3S. The van der Waals surface area contributed by atoms with Gasteiger partial charge in [0, 0.05) is 30.4 Å². The molecule has 1 aliphatic rings. The summed E-state index contributed by atoms with van der Waals surface area (Å²) in [4.78, 5) is 1.98. The Morgan fingerprint density at radius 2 is 2.04 bits per heavy atom. The Hall–Kier alpha value is -2.28. The van der Waals surface area contributed by atoms with Gasteiger partial charge in [-0.3, -0.25) is 0 Å². The van der Waals surface area contributed by atoms with Crippen LogP contribution < -0.4 is 4.90 Å². The van der Waals surface area contributed by atoms with E-state index in [2.05, 4.69) is 35.1 Å². The summed E-state index contributed by atoms with van der Waals surface area (Å²) in [5, 5.41) is 8.23. The fourth-order valence-corrected chi connectivity index (χ4v) is 3.82. The van der Waals surface area contributed by atoms with Crippen molar-refractivity contribution in [3.05, 3.63) is 59.2 Å². The third-order valence-corrected chi connectivity index (χ3v) is 5.39. The number of halogens is 3. The second-order valence-corrected chi connectivity index (χ2v) is 7.48. The van der Waals surface area contributed by atoms with Crippen LogP contribution in [0, 0.1) is 0 Å². The number of alkyl halides is 3. The van der Waals surface area contributed by atoms with E-state index in [-0.39, 0.29) is 0 Å². The first-order valence-electron chi connectivity index (χ1n) is 8.58. The van der Waals surface area contributed by atoms with Crippen molar-refractivity contribution in [3.63, 3.8) is 0 Å². The van der Waals surface area contributed by atoms with E-state index in [0.717, 1.165) is 40.8 Å². The first-order chi connectivity index (χ1) is 12.9. The molecule has 0 spiro atoms. The van der Waals surface area contributed by atoms with Gasteiger partial charge in [0.25, 0.3) is 0 Å². The van der Waals surface area contributed by atoms with Crippen LogP contribution in [0.25, 0.3) is 0 Å². The number of hydrogen-bond acceptors (Lipinski definition) is 4. The second kappa shape index (κ2) is 8.17. The lowest BCUT2D eigenvalue weighted by Crippen LogP contribution is -2.25. The highest BCUT2D eigenvalue weighted by Crippen LogP contribution is 2.37. The Morgan fingerprint density at radius 1 is 1.22 bits per heavy atom. The van der Waals surface area contributed by atoms with Gasteiger partial charge >= 0.3 is 6.18 Å². The van der Waals surface area contributed by atoms with E-state index < -0.39 is 11.7 Å². The van der Waals surface area contributed by atoms with Crippen molar-refractivity contribution in [1.29, 1.82) is 0 Å². The van der Waals surface area contributed by atoms with Crippen molar-refractivity contribution >= 4 is 34.9 Å². The zero-order chi connectivity index (χ0) is 19.4. The van der Waals surface area contributed by atoms with Gasteiger partial charge in [-0.15, -0.1) is 16.9 Å². The van der Waals surface area contributed by atoms with E-state index in [0.29, 0.717) is 18.0 Å². The second-order valence-electron chi connectivity index (χ2n) is 6.32. The predicted octanol–water partition coefficient (Wildman–Crippen LogP) is 6.06. The number of anilines is 2. The van der Waals surface area contributed by atoms with Crippen molar-refractivity contribution in [2.45, 2.75) is 31.7 Å². The number of aryl methyl sites for hydroxylation is 1. The van der Waals surface area contributed by atoms with E-state index in [4.69, 9.17) is 0 Å². The number of nitrogens with zero attached hydrogens (tertiary/aromatic N) is 3. The molecule has 0 unspecified atom stereocenters. The van der Waals surface area contributed by atoms with Crippen LogP contribution in [0.5, 0.6) is 0 Å². The molecule has 1 heterocycles. The summed E-state index contributed by atoms with van der Waals surface area (Å²) in [6.45, 7) is 5.91. The molecule has 0 aromatic heterocycles. The molecule has 1 aliphatic heterocycles. The molecule has 0 N–H and O–H groups in total. The smallest absolute Gasteiger partial charge is 0.341 e. The van der Waals surface area contributed by atoms with Crippen LogP contribution in [0.2, 0.25) is 0 Å². The van der Waals surface area contributed by atoms with Crippen LogP contribution in [0.4, 0.5) is 24.5 Å². The van der Waals surface area contributed by atoms with Crippen molar-refractivity contribution in [3.8, 4) is 0 Å². The normalized spacial score (nSPS) is 14.8.